The Balaban J connectivity index is 1.41. The Bertz CT molecular complexity index is 1260. The highest BCUT2D eigenvalue weighted by Crippen LogP contribution is 2.34. The van der Waals surface area contributed by atoms with Crippen molar-refractivity contribution in [2.24, 2.45) is 0 Å². The fourth-order valence-electron chi connectivity index (χ4n) is 4.18. The van der Waals surface area contributed by atoms with E-state index < -0.39 is 11.7 Å². The molecule has 1 aliphatic rings. The van der Waals surface area contributed by atoms with Crippen LogP contribution in [0.4, 0.5) is 10.1 Å². The smallest absolute Gasteiger partial charge is 0.275 e. The second-order valence-corrected chi connectivity index (χ2v) is 8.93. The van der Waals surface area contributed by atoms with Crippen molar-refractivity contribution in [2.75, 3.05) is 11.9 Å². The number of thiazole rings is 1. The SMILES string of the molecule is CCO[C@H]1CC[C@H](n2cc(NC(=O)c3csc(-c4cn[nH]c4)n3)c(-c3ncccc3F)n2)CC1. The van der Waals surface area contributed by atoms with E-state index in [1.54, 1.807) is 24.0 Å². The summed E-state index contributed by atoms with van der Waals surface area (Å²) in [4.78, 5) is 21.6. The lowest BCUT2D eigenvalue weighted by atomic mass is 9.93. The number of ether oxygens (including phenoxy) is 1. The molecule has 0 bridgehead atoms. The summed E-state index contributed by atoms with van der Waals surface area (Å²) < 4.78 is 22.2. The van der Waals surface area contributed by atoms with Gasteiger partial charge in [0.1, 0.15) is 22.1 Å². The maximum absolute atomic E-state index is 14.6. The first-order chi connectivity index (χ1) is 16.6. The molecule has 176 valence electrons. The minimum absolute atomic E-state index is 0.0944. The first-order valence-electron chi connectivity index (χ1n) is 11.2. The number of rotatable bonds is 7. The summed E-state index contributed by atoms with van der Waals surface area (Å²) in [6, 6.07) is 2.99. The summed E-state index contributed by atoms with van der Waals surface area (Å²) in [5, 5.41) is 16.5. The van der Waals surface area contributed by atoms with Crippen molar-refractivity contribution in [3.63, 3.8) is 0 Å². The van der Waals surface area contributed by atoms with Gasteiger partial charge in [-0.2, -0.15) is 10.2 Å². The summed E-state index contributed by atoms with van der Waals surface area (Å²) in [6.07, 6.45) is 10.5. The highest BCUT2D eigenvalue weighted by atomic mass is 32.1. The Labute approximate surface area is 199 Å². The molecule has 34 heavy (non-hydrogen) atoms. The first-order valence-corrected chi connectivity index (χ1v) is 12.1. The van der Waals surface area contributed by atoms with Gasteiger partial charge in [-0.05, 0) is 44.7 Å². The quantitative estimate of drug-likeness (QED) is 0.396. The molecular weight excluding hydrogens is 457 g/mol. The van der Waals surface area contributed by atoms with E-state index in [4.69, 9.17) is 4.74 Å². The van der Waals surface area contributed by atoms with Crippen LogP contribution in [0.15, 0.2) is 42.3 Å². The van der Waals surface area contributed by atoms with Crippen molar-refractivity contribution < 1.29 is 13.9 Å². The first kappa shape index (κ1) is 22.4. The second kappa shape index (κ2) is 9.82. The number of anilines is 1. The molecule has 0 atom stereocenters. The summed E-state index contributed by atoms with van der Waals surface area (Å²) in [7, 11) is 0. The molecular formula is C23H24FN7O2S. The molecule has 0 unspecified atom stereocenters. The molecule has 11 heteroatoms. The van der Waals surface area contributed by atoms with Crippen LogP contribution in [0.1, 0.15) is 49.1 Å². The lowest BCUT2D eigenvalue weighted by molar-refractivity contribution is 0.0260. The van der Waals surface area contributed by atoms with Gasteiger partial charge in [0.25, 0.3) is 5.91 Å². The topological polar surface area (TPSA) is 111 Å². The molecule has 1 aliphatic carbocycles. The van der Waals surface area contributed by atoms with Crippen molar-refractivity contribution >= 4 is 22.9 Å². The maximum atomic E-state index is 14.6. The van der Waals surface area contributed by atoms with Gasteiger partial charge < -0.3 is 10.1 Å². The predicted octanol–water partition coefficient (Wildman–Crippen LogP) is 4.70. The van der Waals surface area contributed by atoms with Crippen molar-refractivity contribution in [2.45, 2.75) is 44.8 Å². The van der Waals surface area contributed by atoms with E-state index in [0.717, 1.165) is 31.2 Å². The molecule has 0 spiro atoms. The largest absolute Gasteiger partial charge is 0.379 e. The minimum Gasteiger partial charge on any atom is -0.379 e. The second-order valence-electron chi connectivity index (χ2n) is 8.07. The molecule has 1 saturated carbocycles. The number of nitrogens with zero attached hydrogens (tertiary/aromatic N) is 5. The third-order valence-corrected chi connectivity index (χ3v) is 6.76. The zero-order valence-corrected chi connectivity index (χ0v) is 19.4. The molecule has 0 aliphatic heterocycles. The molecule has 1 fully saturated rings. The Morgan fingerprint density at radius 1 is 1.32 bits per heavy atom. The highest BCUT2D eigenvalue weighted by molar-refractivity contribution is 7.13. The molecule has 9 nitrogen and oxygen atoms in total. The third kappa shape index (κ3) is 4.62. The summed E-state index contributed by atoms with van der Waals surface area (Å²) in [5.41, 5.74) is 1.85. The number of aromatic nitrogens is 6. The van der Waals surface area contributed by atoms with E-state index >= 15 is 0 Å². The normalized spacial score (nSPS) is 18.2. The van der Waals surface area contributed by atoms with Gasteiger partial charge >= 0.3 is 0 Å². The lowest BCUT2D eigenvalue weighted by Gasteiger charge is -2.28. The summed E-state index contributed by atoms with van der Waals surface area (Å²) in [6.45, 7) is 2.71. The van der Waals surface area contributed by atoms with E-state index in [1.165, 1.54) is 29.7 Å². The van der Waals surface area contributed by atoms with Gasteiger partial charge in [0.05, 0.1) is 24.0 Å². The van der Waals surface area contributed by atoms with Crippen molar-refractivity contribution in [3.8, 4) is 22.0 Å². The molecule has 4 aromatic rings. The number of hydrogen-bond donors (Lipinski definition) is 2. The average Bonchev–Trinajstić information content (AvgIpc) is 3.61. The maximum Gasteiger partial charge on any atom is 0.275 e. The van der Waals surface area contributed by atoms with Crippen LogP contribution in [0.5, 0.6) is 0 Å². The third-order valence-electron chi connectivity index (χ3n) is 5.87. The molecule has 5 rings (SSSR count). The number of nitrogens with one attached hydrogen (secondary N) is 2. The zero-order chi connectivity index (χ0) is 23.5. The molecule has 4 aromatic heterocycles. The Hall–Kier alpha value is -3.44. The Morgan fingerprint density at radius 3 is 2.91 bits per heavy atom. The molecule has 2 N–H and O–H groups in total. The zero-order valence-electron chi connectivity index (χ0n) is 18.6. The van der Waals surface area contributed by atoms with Gasteiger partial charge in [-0.15, -0.1) is 11.3 Å². The van der Waals surface area contributed by atoms with E-state index in [1.807, 2.05) is 11.6 Å². The number of carbonyl (C=O) groups excluding carboxylic acids is 1. The van der Waals surface area contributed by atoms with E-state index in [9.17, 15) is 9.18 Å². The van der Waals surface area contributed by atoms with Crippen LogP contribution in [0.2, 0.25) is 0 Å². The fraction of sp³-hybridized carbons (Fsp3) is 0.348. The van der Waals surface area contributed by atoms with Crippen LogP contribution in [0.25, 0.3) is 22.0 Å². The van der Waals surface area contributed by atoms with Crippen LogP contribution >= 0.6 is 11.3 Å². The number of aromatic amines is 1. The van der Waals surface area contributed by atoms with Crippen LogP contribution in [0, 0.1) is 5.82 Å². The van der Waals surface area contributed by atoms with Gasteiger partial charge in [0.15, 0.2) is 5.82 Å². The number of carbonyl (C=O) groups is 1. The Kier molecular flexibility index (Phi) is 6.45. The lowest BCUT2D eigenvalue weighted by Crippen LogP contribution is -2.24. The number of hydrogen-bond acceptors (Lipinski definition) is 7. The van der Waals surface area contributed by atoms with Crippen LogP contribution in [0.3, 0.4) is 0 Å². The van der Waals surface area contributed by atoms with Crippen LogP contribution < -0.4 is 5.32 Å². The van der Waals surface area contributed by atoms with Crippen LogP contribution in [-0.4, -0.2) is 48.6 Å². The van der Waals surface area contributed by atoms with Gasteiger partial charge in [-0.3, -0.25) is 19.6 Å². The van der Waals surface area contributed by atoms with E-state index in [0.29, 0.717) is 23.0 Å². The highest BCUT2D eigenvalue weighted by Gasteiger charge is 2.26. The molecule has 4 heterocycles. The minimum atomic E-state index is -0.501. The van der Waals surface area contributed by atoms with Crippen molar-refractivity contribution in [1.82, 2.24) is 29.9 Å². The van der Waals surface area contributed by atoms with Crippen molar-refractivity contribution in [1.29, 1.82) is 0 Å². The molecule has 0 saturated heterocycles. The average molecular weight is 482 g/mol. The van der Waals surface area contributed by atoms with Gasteiger partial charge in [0.2, 0.25) is 0 Å². The fourth-order valence-corrected chi connectivity index (χ4v) is 4.96. The number of halogens is 1. The molecule has 0 aromatic carbocycles. The van der Waals surface area contributed by atoms with Gasteiger partial charge in [0, 0.05) is 36.1 Å². The number of H-pyrrole nitrogens is 1. The predicted molar refractivity (Wildman–Crippen MR) is 126 cm³/mol. The summed E-state index contributed by atoms with van der Waals surface area (Å²) >= 11 is 1.34. The monoisotopic (exact) mass is 481 g/mol. The number of amides is 1. The standard InChI is InChI=1S/C23H24FN7O2S/c1-2-33-16-7-5-15(6-8-16)31-12-18(21(30-31)20-17(24)4-3-9-25-20)28-22(32)19-13-34-23(29-19)14-10-26-27-11-14/h3-4,9-13,15-16H,2,5-8H2,1H3,(H,26,27)(H,28,32)/t15-,16-. The Morgan fingerprint density at radius 2 is 2.18 bits per heavy atom. The van der Waals surface area contributed by atoms with Gasteiger partial charge in [-0.25, -0.2) is 9.37 Å². The molecule has 0 radical (unpaired) electrons. The number of pyridine rings is 1. The summed E-state index contributed by atoms with van der Waals surface area (Å²) in [5.74, 6) is -0.901. The van der Waals surface area contributed by atoms with Crippen molar-refractivity contribution in [3.05, 3.63) is 53.8 Å². The van der Waals surface area contributed by atoms with E-state index in [-0.39, 0.29) is 23.5 Å². The van der Waals surface area contributed by atoms with Crippen LogP contribution in [-0.2, 0) is 4.74 Å². The van der Waals surface area contributed by atoms with E-state index in [2.05, 4.69) is 30.6 Å². The van der Waals surface area contributed by atoms with Gasteiger partial charge in [-0.1, -0.05) is 0 Å². The molecule has 1 amide bonds.